The SMILES string of the molecule is CCCSCc1ccc(C(=O)O)o1. The predicted molar refractivity (Wildman–Crippen MR) is 52.1 cm³/mol. The molecule has 0 atom stereocenters. The molecule has 4 heteroatoms. The highest BCUT2D eigenvalue weighted by Gasteiger charge is 2.07. The van der Waals surface area contributed by atoms with Gasteiger partial charge >= 0.3 is 5.97 Å². The molecule has 0 radical (unpaired) electrons. The Morgan fingerprint density at radius 3 is 2.92 bits per heavy atom. The van der Waals surface area contributed by atoms with Crippen molar-refractivity contribution >= 4 is 17.7 Å². The van der Waals surface area contributed by atoms with Gasteiger partial charge in [0, 0.05) is 0 Å². The summed E-state index contributed by atoms with van der Waals surface area (Å²) in [5.41, 5.74) is 0. The Balaban J connectivity index is 2.44. The van der Waals surface area contributed by atoms with Gasteiger partial charge in [-0.2, -0.15) is 11.8 Å². The summed E-state index contributed by atoms with van der Waals surface area (Å²) in [4.78, 5) is 10.4. The average molecular weight is 200 g/mol. The number of hydrogen-bond acceptors (Lipinski definition) is 3. The van der Waals surface area contributed by atoms with Crippen molar-refractivity contribution < 1.29 is 14.3 Å². The summed E-state index contributed by atoms with van der Waals surface area (Å²) in [6.07, 6.45) is 1.12. The van der Waals surface area contributed by atoms with Crippen LogP contribution >= 0.6 is 11.8 Å². The van der Waals surface area contributed by atoms with Crippen LogP contribution in [-0.2, 0) is 5.75 Å². The molecule has 1 N–H and O–H groups in total. The lowest BCUT2D eigenvalue weighted by Crippen LogP contribution is -1.91. The van der Waals surface area contributed by atoms with Crippen LogP contribution in [-0.4, -0.2) is 16.8 Å². The Bertz CT molecular complexity index is 280. The fourth-order valence-corrected chi connectivity index (χ4v) is 1.68. The van der Waals surface area contributed by atoms with Gasteiger partial charge in [0.25, 0.3) is 0 Å². The van der Waals surface area contributed by atoms with E-state index in [1.807, 2.05) is 0 Å². The summed E-state index contributed by atoms with van der Waals surface area (Å²) in [5, 5.41) is 8.57. The van der Waals surface area contributed by atoms with Crippen LogP contribution in [0.1, 0.15) is 29.7 Å². The quantitative estimate of drug-likeness (QED) is 0.742. The van der Waals surface area contributed by atoms with Gasteiger partial charge in [0.15, 0.2) is 0 Å². The largest absolute Gasteiger partial charge is 0.475 e. The molecule has 0 aliphatic heterocycles. The topological polar surface area (TPSA) is 50.4 Å². The van der Waals surface area contributed by atoms with Crippen molar-refractivity contribution in [3.8, 4) is 0 Å². The summed E-state index contributed by atoms with van der Waals surface area (Å²) < 4.78 is 5.07. The molecule has 0 unspecified atom stereocenters. The van der Waals surface area contributed by atoms with Crippen LogP contribution in [0.4, 0.5) is 0 Å². The second kappa shape index (κ2) is 4.97. The summed E-state index contributed by atoms with van der Waals surface area (Å²) in [6, 6.07) is 3.20. The van der Waals surface area contributed by atoms with Crippen molar-refractivity contribution in [2.45, 2.75) is 19.1 Å². The zero-order valence-corrected chi connectivity index (χ0v) is 8.26. The second-order valence-electron chi connectivity index (χ2n) is 2.62. The number of rotatable bonds is 5. The van der Waals surface area contributed by atoms with E-state index < -0.39 is 5.97 Å². The lowest BCUT2D eigenvalue weighted by atomic mass is 10.4. The van der Waals surface area contributed by atoms with Crippen LogP contribution in [0.15, 0.2) is 16.5 Å². The smallest absolute Gasteiger partial charge is 0.371 e. The maximum Gasteiger partial charge on any atom is 0.371 e. The normalized spacial score (nSPS) is 10.2. The summed E-state index contributed by atoms with van der Waals surface area (Å²) in [5.74, 6) is 1.57. The van der Waals surface area contributed by atoms with Gasteiger partial charge in [-0.25, -0.2) is 4.79 Å². The monoisotopic (exact) mass is 200 g/mol. The third kappa shape index (κ3) is 3.14. The van der Waals surface area contributed by atoms with Crippen molar-refractivity contribution in [1.82, 2.24) is 0 Å². The molecule has 0 aromatic carbocycles. The molecular weight excluding hydrogens is 188 g/mol. The number of furan rings is 1. The molecule has 1 aromatic rings. The van der Waals surface area contributed by atoms with E-state index in [1.54, 1.807) is 17.8 Å². The lowest BCUT2D eigenvalue weighted by molar-refractivity contribution is 0.0661. The van der Waals surface area contributed by atoms with Gasteiger partial charge < -0.3 is 9.52 Å². The van der Waals surface area contributed by atoms with Crippen molar-refractivity contribution in [1.29, 1.82) is 0 Å². The molecule has 0 aliphatic carbocycles. The third-order valence-corrected chi connectivity index (χ3v) is 2.65. The second-order valence-corrected chi connectivity index (χ2v) is 3.73. The Morgan fingerprint density at radius 2 is 2.38 bits per heavy atom. The molecule has 0 aliphatic rings. The first-order chi connectivity index (χ1) is 6.24. The van der Waals surface area contributed by atoms with Crippen LogP contribution in [0.2, 0.25) is 0 Å². The molecular formula is C9H12O3S. The molecule has 72 valence electrons. The molecule has 0 saturated heterocycles. The van der Waals surface area contributed by atoms with Crippen LogP contribution < -0.4 is 0 Å². The number of thioether (sulfide) groups is 1. The first kappa shape index (κ1) is 10.2. The zero-order chi connectivity index (χ0) is 9.68. The standard InChI is InChI=1S/C9H12O3S/c1-2-5-13-6-7-3-4-8(12-7)9(10)11/h3-4H,2,5-6H2,1H3,(H,10,11). The van der Waals surface area contributed by atoms with Crippen molar-refractivity contribution in [3.63, 3.8) is 0 Å². The zero-order valence-electron chi connectivity index (χ0n) is 7.45. The van der Waals surface area contributed by atoms with Crippen molar-refractivity contribution in [2.75, 3.05) is 5.75 Å². The summed E-state index contributed by atoms with van der Waals surface area (Å²) >= 11 is 1.74. The Labute approximate surface area is 81.1 Å². The maximum atomic E-state index is 10.4. The van der Waals surface area contributed by atoms with Crippen molar-refractivity contribution in [2.24, 2.45) is 0 Å². The fourth-order valence-electron chi connectivity index (χ4n) is 0.888. The molecule has 1 aromatic heterocycles. The van der Waals surface area contributed by atoms with Gasteiger partial charge in [0.1, 0.15) is 5.76 Å². The van der Waals surface area contributed by atoms with Gasteiger partial charge in [-0.05, 0) is 24.3 Å². The number of carboxylic acid groups (broad SMARTS) is 1. The highest BCUT2D eigenvalue weighted by molar-refractivity contribution is 7.98. The van der Waals surface area contributed by atoms with Gasteiger partial charge in [-0.15, -0.1) is 0 Å². The van der Waals surface area contributed by atoms with E-state index in [0.29, 0.717) is 0 Å². The Hall–Kier alpha value is -0.900. The predicted octanol–water partition coefficient (Wildman–Crippen LogP) is 2.62. The maximum absolute atomic E-state index is 10.4. The molecule has 0 amide bonds. The molecule has 0 spiro atoms. The number of hydrogen-bond donors (Lipinski definition) is 1. The van der Waals surface area contributed by atoms with Crippen LogP contribution in [0.3, 0.4) is 0 Å². The van der Waals surface area contributed by atoms with E-state index in [2.05, 4.69) is 6.92 Å². The molecule has 3 nitrogen and oxygen atoms in total. The highest BCUT2D eigenvalue weighted by Crippen LogP contribution is 2.15. The highest BCUT2D eigenvalue weighted by atomic mass is 32.2. The number of carbonyl (C=O) groups is 1. The minimum Gasteiger partial charge on any atom is -0.475 e. The Kier molecular flexibility index (Phi) is 3.89. The Morgan fingerprint density at radius 1 is 1.62 bits per heavy atom. The first-order valence-corrected chi connectivity index (χ1v) is 5.29. The van der Waals surface area contributed by atoms with E-state index >= 15 is 0 Å². The van der Waals surface area contributed by atoms with E-state index in [9.17, 15) is 4.79 Å². The molecule has 0 saturated carbocycles. The van der Waals surface area contributed by atoms with E-state index in [0.717, 1.165) is 23.7 Å². The molecule has 0 bridgehead atoms. The van der Waals surface area contributed by atoms with Crippen LogP contribution in [0, 0.1) is 0 Å². The van der Waals surface area contributed by atoms with E-state index in [-0.39, 0.29) is 5.76 Å². The van der Waals surface area contributed by atoms with Crippen molar-refractivity contribution in [3.05, 3.63) is 23.7 Å². The molecule has 1 heterocycles. The first-order valence-electron chi connectivity index (χ1n) is 4.13. The number of aromatic carboxylic acids is 1. The van der Waals surface area contributed by atoms with Gasteiger partial charge in [-0.1, -0.05) is 6.92 Å². The van der Waals surface area contributed by atoms with Gasteiger partial charge in [0.2, 0.25) is 5.76 Å². The van der Waals surface area contributed by atoms with E-state index in [1.165, 1.54) is 6.07 Å². The fraction of sp³-hybridized carbons (Fsp3) is 0.444. The summed E-state index contributed by atoms with van der Waals surface area (Å²) in [7, 11) is 0. The number of carboxylic acids is 1. The molecule has 13 heavy (non-hydrogen) atoms. The van der Waals surface area contributed by atoms with E-state index in [4.69, 9.17) is 9.52 Å². The van der Waals surface area contributed by atoms with Gasteiger partial charge in [-0.3, -0.25) is 0 Å². The summed E-state index contributed by atoms with van der Waals surface area (Å²) in [6.45, 7) is 2.11. The average Bonchev–Trinajstić information content (AvgIpc) is 2.53. The molecule has 0 fully saturated rings. The minimum atomic E-state index is -1.01. The molecule has 1 rings (SSSR count). The third-order valence-electron chi connectivity index (χ3n) is 1.47. The van der Waals surface area contributed by atoms with Crippen LogP contribution in [0.5, 0.6) is 0 Å². The lowest BCUT2D eigenvalue weighted by Gasteiger charge is -1.94. The van der Waals surface area contributed by atoms with Crippen LogP contribution in [0.25, 0.3) is 0 Å². The minimum absolute atomic E-state index is 0.0205. The van der Waals surface area contributed by atoms with Gasteiger partial charge in [0.05, 0.1) is 5.75 Å².